The van der Waals surface area contributed by atoms with Crippen LogP contribution in [0.3, 0.4) is 0 Å². The monoisotopic (exact) mass is 447 g/mol. The highest BCUT2D eigenvalue weighted by Crippen LogP contribution is 2.39. The molecule has 0 saturated carbocycles. The molecule has 4 aromatic rings. The average molecular weight is 448 g/mol. The highest BCUT2D eigenvalue weighted by Gasteiger charge is 2.21. The molecule has 0 amide bonds. The minimum atomic E-state index is 0.692. The van der Waals surface area contributed by atoms with Crippen molar-refractivity contribution in [2.45, 2.75) is 0 Å². The first-order valence-corrected chi connectivity index (χ1v) is 11.5. The first-order chi connectivity index (χ1) is 15.2. The van der Waals surface area contributed by atoms with E-state index < -0.39 is 0 Å². The van der Waals surface area contributed by atoms with E-state index in [-0.39, 0.29) is 0 Å². The minimum Gasteiger partial charge on any atom is -0.353 e. The zero-order chi connectivity index (χ0) is 21.2. The third-order valence-corrected chi connectivity index (χ3v) is 6.76. The third kappa shape index (κ3) is 3.94. The topological polar surface area (TPSA) is 45.2 Å². The Bertz CT molecular complexity index is 1220. The maximum Gasteiger partial charge on any atom is 0.140 e. The van der Waals surface area contributed by atoms with E-state index >= 15 is 0 Å². The summed E-state index contributed by atoms with van der Waals surface area (Å²) >= 11 is 8.46. The fourth-order valence-corrected chi connectivity index (χ4v) is 5.05. The lowest BCUT2D eigenvalue weighted by Gasteiger charge is -2.35. The molecule has 0 radical (unpaired) electrons. The number of thiazole rings is 1. The number of piperazine rings is 1. The second kappa shape index (κ2) is 8.75. The van der Waals surface area contributed by atoms with E-state index in [1.165, 1.54) is 0 Å². The van der Waals surface area contributed by atoms with Crippen molar-refractivity contribution in [1.82, 2.24) is 19.9 Å². The number of hydrogen-bond donors (Lipinski definition) is 0. The van der Waals surface area contributed by atoms with Gasteiger partial charge in [-0.25, -0.2) is 15.0 Å². The zero-order valence-corrected chi connectivity index (χ0v) is 18.6. The SMILES string of the molecule is C=CCN1CCN(c2ncnc3cc(-c4ccccc4-c4nccs4)c(Cl)cc23)CC1. The van der Waals surface area contributed by atoms with Crippen LogP contribution in [0.1, 0.15) is 0 Å². The number of fused-ring (bicyclic) bond motifs is 1. The fourth-order valence-electron chi connectivity index (χ4n) is 4.11. The van der Waals surface area contributed by atoms with Crippen LogP contribution in [-0.4, -0.2) is 52.6 Å². The van der Waals surface area contributed by atoms with Crippen LogP contribution in [0.25, 0.3) is 32.6 Å². The van der Waals surface area contributed by atoms with Gasteiger partial charge in [-0.15, -0.1) is 17.9 Å². The second-order valence-corrected chi connectivity index (χ2v) is 8.81. The largest absolute Gasteiger partial charge is 0.353 e. The van der Waals surface area contributed by atoms with Crippen LogP contribution in [0.4, 0.5) is 5.82 Å². The van der Waals surface area contributed by atoms with Gasteiger partial charge < -0.3 is 4.90 Å². The normalized spacial score (nSPS) is 14.8. The quantitative estimate of drug-likeness (QED) is 0.384. The van der Waals surface area contributed by atoms with Gasteiger partial charge in [0, 0.05) is 65.8 Å². The summed E-state index contributed by atoms with van der Waals surface area (Å²) in [5, 5.41) is 4.65. The van der Waals surface area contributed by atoms with Crippen molar-refractivity contribution in [2.75, 3.05) is 37.6 Å². The lowest BCUT2D eigenvalue weighted by molar-refractivity contribution is 0.284. The molecule has 31 heavy (non-hydrogen) atoms. The molecule has 2 aromatic heterocycles. The Balaban J connectivity index is 1.55. The van der Waals surface area contributed by atoms with E-state index in [1.807, 2.05) is 35.9 Å². The molecule has 1 saturated heterocycles. The van der Waals surface area contributed by atoms with E-state index in [0.717, 1.165) is 71.1 Å². The lowest BCUT2D eigenvalue weighted by Crippen LogP contribution is -2.46. The van der Waals surface area contributed by atoms with Gasteiger partial charge in [0.05, 0.1) is 5.52 Å². The second-order valence-electron chi connectivity index (χ2n) is 7.51. The molecule has 156 valence electrons. The molecule has 0 atom stereocenters. The summed E-state index contributed by atoms with van der Waals surface area (Å²) in [5.74, 6) is 0.949. The number of benzene rings is 2. The summed E-state index contributed by atoms with van der Waals surface area (Å²) in [6, 6.07) is 12.3. The highest BCUT2D eigenvalue weighted by atomic mass is 35.5. The van der Waals surface area contributed by atoms with E-state index in [2.05, 4.69) is 49.5 Å². The summed E-state index contributed by atoms with van der Waals surface area (Å²) in [7, 11) is 0. The minimum absolute atomic E-state index is 0.692. The van der Waals surface area contributed by atoms with Crippen LogP contribution in [-0.2, 0) is 0 Å². The fraction of sp³-hybridized carbons (Fsp3) is 0.208. The third-order valence-electron chi connectivity index (χ3n) is 5.64. The number of nitrogens with zero attached hydrogens (tertiary/aromatic N) is 5. The number of hydrogen-bond acceptors (Lipinski definition) is 6. The van der Waals surface area contributed by atoms with E-state index in [4.69, 9.17) is 11.6 Å². The maximum absolute atomic E-state index is 6.84. The number of rotatable bonds is 5. The molecule has 0 bridgehead atoms. The zero-order valence-electron chi connectivity index (χ0n) is 17.0. The van der Waals surface area contributed by atoms with Crippen molar-refractivity contribution >= 4 is 39.7 Å². The highest BCUT2D eigenvalue weighted by molar-refractivity contribution is 7.13. The Morgan fingerprint density at radius 3 is 2.55 bits per heavy atom. The lowest BCUT2D eigenvalue weighted by atomic mass is 9.98. The summed E-state index contributed by atoms with van der Waals surface area (Å²) in [4.78, 5) is 18.4. The molecule has 1 aliphatic heterocycles. The summed E-state index contributed by atoms with van der Waals surface area (Å²) in [6.07, 6.45) is 5.44. The molecule has 1 fully saturated rings. The Kier molecular flexibility index (Phi) is 5.68. The predicted octanol–water partition coefficient (Wildman–Crippen LogP) is 5.38. The Morgan fingerprint density at radius 2 is 1.81 bits per heavy atom. The molecule has 0 unspecified atom stereocenters. The van der Waals surface area contributed by atoms with Gasteiger partial charge in [0.25, 0.3) is 0 Å². The molecule has 5 rings (SSSR count). The van der Waals surface area contributed by atoms with Crippen LogP contribution < -0.4 is 4.90 Å². The van der Waals surface area contributed by atoms with Crippen LogP contribution >= 0.6 is 22.9 Å². The molecule has 0 aliphatic carbocycles. The molecule has 0 N–H and O–H groups in total. The molecule has 3 heterocycles. The van der Waals surface area contributed by atoms with Gasteiger partial charge in [-0.2, -0.15) is 0 Å². The van der Waals surface area contributed by atoms with Crippen LogP contribution in [0.15, 0.2) is 67.0 Å². The summed E-state index contributed by atoms with van der Waals surface area (Å²) in [5.41, 5.74) is 3.99. The van der Waals surface area contributed by atoms with E-state index in [1.54, 1.807) is 17.7 Å². The standard InChI is InChI=1S/C24H22ClN5S/c1-2-8-29-9-11-30(12-10-29)23-20-14-21(25)19(15-22(20)27-16-28-23)17-5-3-4-6-18(17)24-26-7-13-31-24/h2-7,13-16H,1,8-12H2. The van der Waals surface area contributed by atoms with Gasteiger partial charge in [-0.3, -0.25) is 4.90 Å². The van der Waals surface area contributed by atoms with Gasteiger partial charge in [0.1, 0.15) is 17.2 Å². The Morgan fingerprint density at radius 1 is 1.00 bits per heavy atom. The van der Waals surface area contributed by atoms with Crippen LogP contribution in [0.2, 0.25) is 5.02 Å². The maximum atomic E-state index is 6.84. The first kappa shape index (κ1) is 20.1. The van der Waals surface area contributed by atoms with Gasteiger partial charge in [-0.1, -0.05) is 41.9 Å². The number of anilines is 1. The van der Waals surface area contributed by atoms with Crippen molar-refractivity contribution in [3.8, 4) is 21.7 Å². The summed E-state index contributed by atoms with van der Waals surface area (Å²) in [6.45, 7) is 8.59. The van der Waals surface area contributed by atoms with Gasteiger partial charge in [0.15, 0.2) is 0 Å². The molecule has 1 aliphatic rings. The molecule has 5 nitrogen and oxygen atoms in total. The van der Waals surface area contributed by atoms with Crippen molar-refractivity contribution in [3.05, 3.63) is 72.0 Å². The van der Waals surface area contributed by atoms with Crippen LogP contribution in [0.5, 0.6) is 0 Å². The predicted molar refractivity (Wildman–Crippen MR) is 130 cm³/mol. The Hall–Kier alpha value is -2.80. The number of aromatic nitrogens is 3. The average Bonchev–Trinajstić information content (AvgIpc) is 3.34. The molecular weight excluding hydrogens is 426 g/mol. The molecule has 0 spiro atoms. The van der Waals surface area contributed by atoms with E-state index in [0.29, 0.717) is 5.02 Å². The molecular formula is C24H22ClN5S. The van der Waals surface area contributed by atoms with Gasteiger partial charge in [0.2, 0.25) is 0 Å². The van der Waals surface area contributed by atoms with Crippen molar-refractivity contribution in [3.63, 3.8) is 0 Å². The van der Waals surface area contributed by atoms with Gasteiger partial charge in [-0.05, 0) is 17.7 Å². The van der Waals surface area contributed by atoms with Gasteiger partial charge >= 0.3 is 0 Å². The molecule has 2 aromatic carbocycles. The number of halogens is 1. The Labute approximate surface area is 190 Å². The van der Waals surface area contributed by atoms with Crippen molar-refractivity contribution < 1.29 is 0 Å². The smallest absolute Gasteiger partial charge is 0.140 e. The van der Waals surface area contributed by atoms with E-state index in [9.17, 15) is 0 Å². The summed E-state index contributed by atoms with van der Waals surface area (Å²) < 4.78 is 0. The first-order valence-electron chi connectivity index (χ1n) is 10.3. The van der Waals surface area contributed by atoms with Crippen molar-refractivity contribution in [1.29, 1.82) is 0 Å². The van der Waals surface area contributed by atoms with Crippen LogP contribution in [0, 0.1) is 0 Å². The molecule has 7 heteroatoms. The van der Waals surface area contributed by atoms with Crippen molar-refractivity contribution in [2.24, 2.45) is 0 Å².